The van der Waals surface area contributed by atoms with Crippen LogP contribution in [0.2, 0.25) is 5.02 Å². The molecule has 0 spiro atoms. The quantitative estimate of drug-likeness (QED) is 0.264. The first-order valence-corrected chi connectivity index (χ1v) is 9.56. The summed E-state index contributed by atoms with van der Waals surface area (Å²) in [7, 11) is 0. The first-order chi connectivity index (χ1) is 12.9. The third-order valence-corrected chi connectivity index (χ3v) is 5.67. The van der Waals surface area contributed by atoms with Crippen molar-refractivity contribution in [2.75, 3.05) is 5.32 Å². The molecule has 0 radical (unpaired) electrons. The normalized spacial score (nSPS) is 10.6. The van der Waals surface area contributed by atoms with Crippen molar-refractivity contribution in [3.8, 4) is 0 Å². The van der Waals surface area contributed by atoms with Crippen LogP contribution >= 0.6 is 34.7 Å². The van der Waals surface area contributed by atoms with Crippen molar-refractivity contribution in [1.29, 1.82) is 0 Å². The van der Waals surface area contributed by atoms with Crippen molar-refractivity contribution < 1.29 is 14.1 Å². The van der Waals surface area contributed by atoms with Gasteiger partial charge in [-0.1, -0.05) is 46.8 Å². The van der Waals surface area contributed by atoms with Gasteiger partial charge in [0.2, 0.25) is 5.13 Å². The first-order valence-electron chi connectivity index (χ1n) is 7.38. The molecule has 2 aromatic carbocycles. The number of nitro groups is 1. The monoisotopic (exact) mass is 424 g/mol. The fourth-order valence-electron chi connectivity index (χ4n) is 2.01. The number of hydrogen-bond donors (Lipinski definition) is 1. The molecular weight excluding hydrogens is 415 g/mol. The van der Waals surface area contributed by atoms with Crippen molar-refractivity contribution in [3.63, 3.8) is 0 Å². The average Bonchev–Trinajstić information content (AvgIpc) is 3.08. The van der Waals surface area contributed by atoms with E-state index in [1.54, 1.807) is 12.1 Å². The highest BCUT2D eigenvalue weighted by Crippen LogP contribution is 2.29. The molecule has 3 aromatic rings. The fraction of sp³-hybridized carbons (Fsp3) is 0.0625. The molecule has 11 heteroatoms. The topological polar surface area (TPSA) is 98.0 Å². The second-order valence-corrected chi connectivity index (χ2v) is 7.77. The smallest absolute Gasteiger partial charge is 0.288 e. The van der Waals surface area contributed by atoms with Crippen molar-refractivity contribution in [2.24, 2.45) is 0 Å². The minimum absolute atomic E-state index is 0.0491. The zero-order valence-electron chi connectivity index (χ0n) is 13.4. The van der Waals surface area contributed by atoms with Gasteiger partial charge in [-0.2, -0.15) is 0 Å². The number of carbonyl (C=O) groups excluding carboxylic acids is 1. The van der Waals surface area contributed by atoms with E-state index in [0.717, 1.165) is 11.6 Å². The van der Waals surface area contributed by atoms with Crippen molar-refractivity contribution in [1.82, 2.24) is 10.2 Å². The van der Waals surface area contributed by atoms with Gasteiger partial charge in [-0.15, -0.1) is 10.2 Å². The number of hydrogen-bond acceptors (Lipinski definition) is 7. The highest BCUT2D eigenvalue weighted by Gasteiger charge is 2.17. The van der Waals surface area contributed by atoms with Crippen LogP contribution in [0.25, 0.3) is 0 Å². The van der Waals surface area contributed by atoms with Crippen molar-refractivity contribution in [2.45, 2.75) is 10.1 Å². The van der Waals surface area contributed by atoms with E-state index >= 15 is 0 Å². The highest BCUT2D eigenvalue weighted by atomic mass is 35.5. The average molecular weight is 425 g/mol. The molecule has 138 valence electrons. The number of nitro benzene ring substituents is 1. The number of aromatic nitrogens is 2. The molecule has 0 aliphatic heterocycles. The zero-order valence-corrected chi connectivity index (χ0v) is 15.8. The van der Waals surface area contributed by atoms with Gasteiger partial charge in [-0.3, -0.25) is 20.2 Å². The number of amides is 1. The summed E-state index contributed by atoms with van der Waals surface area (Å²) in [5.41, 5.74) is 0.662. The van der Waals surface area contributed by atoms with Crippen LogP contribution in [-0.4, -0.2) is 21.0 Å². The third kappa shape index (κ3) is 5.00. The minimum atomic E-state index is -0.658. The molecule has 1 amide bonds. The number of halogens is 2. The van der Waals surface area contributed by atoms with Gasteiger partial charge in [-0.05, 0) is 29.8 Å². The lowest BCUT2D eigenvalue weighted by Gasteiger charge is -2.02. The van der Waals surface area contributed by atoms with E-state index in [1.165, 1.54) is 47.4 Å². The van der Waals surface area contributed by atoms with Crippen LogP contribution in [0.1, 0.15) is 15.9 Å². The SMILES string of the molecule is O=C(Nc1nnc(SCc2ccc(F)cc2)s1)c1ccc(Cl)c([N+](=O)[O-])c1. The number of anilines is 1. The second kappa shape index (κ2) is 8.42. The summed E-state index contributed by atoms with van der Waals surface area (Å²) >= 11 is 8.30. The number of nitrogens with zero attached hydrogens (tertiary/aromatic N) is 3. The Balaban J connectivity index is 1.63. The van der Waals surface area contributed by atoms with Crippen LogP contribution < -0.4 is 5.32 Å². The number of benzene rings is 2. The molecule has 3 rings (SSSR count). The van der Waals surface area contributed by atoms with Crippen molar-refractivity contribution >= 4 is 51.4 Å². The zero-order chi connectivity index (χ0) is 19.4. The molecule has 0 fully saturated rings. The summed E-state index contributed by atoms with van der Waals surface area (Å²) < 4.78 is 13.5. The van der Waals surface area contributed by atoms with E-state index in [1.807, 2.05) is 0 Å². The van der Waals surface area contributed by atoms with Crippen LogP contribution in [0.15, 0.2) is 46.8 Å². The second-order valence-electron chi connectivity index (χ2n) is 5.17. The molecule has 27 heavy (non-hydrogen) atoms. The molecule has 0 aliphatic rings. The molecule has 1 heterocycles. The van der Waals surface area contributed by atoms with Crippen LogP contribution in [0.3, 0.4) is 0 Å². The van der Waals surface area contributed by atoms with E-state index in [2.05, 4.69) is 15.5 Å². The highest BCUT2D eigenvalue weighted by molar-refractivity contribution is 8.00. The van der Waals surface area contributed by atoms with Gasteiger partial charge in [0, 0.05) is 17.4 Å². The lowest BCUT2D eigenvalue weighted by Crippen LogP contribution is -2.12. The van der Waals surface area contributed by atoms with E-state index < -0.39 is 10.8 Å². The minimum Gasteiger partial charge on any atom is -0.296 e. The molecule has 1 N–H and O–H groups in total. The maximum Gasteiger partial charge on any atom is 0.288 e. The van der Waals surface area contributed by atoms with E-state index in [4.69, 9.17) is 11.6 Å². The Morgan fingerprint density at radius 1 is 1.26 bits per heavy atom. The Bertz CT molecular complexity index is 998. The molecule has 0 unspecified atom stereocenters. The summed E-state index contributed by atoms with van der Waals surface area (Å²) in [6.45, 7) is 0. The van der Waals surface area contributed by atoms with Crippen molar-refractivity contribution in [3.05, 3.63) is 74.5 Å². The molecule has 0 atom stereocenters. The lowest BCUT2D eigenvalue weighted by molar-refractivity contribution is -0.384. The fourth-order valence-corrected chi connectivity index (χ4v) is 3.90. The maximum atomic E-state index is 12.9. The van der Waals surface area contributed by atoms with Gasteiger partial charge < -0.3 is 0 Å². The number of nitrogens with one attached hydrogen (secondary N) is 1. The number of thioether (sulfide) groups is 1. The van der Waals surface area contributed by atoms with E-state index in [9.17, 15) is 19.3 Å². The summed E-state index contributed by atoms with van der Waals surface area (Å²) in [6.07, 6.45) is 0. The number of carbonyl (C=O) groups is 1. The van der Waals surface area contributed by atoms with Gasteiger partial charge in [0.15, 0.2) is 4.34 Å². The molecule has 1 aromatic heterocycles. The van der Waals surface area contributed by atoms with Crippen LogP contribution in [0.5, 0.6) is 0 Å². The van der Waals surface area contributed by atoms with Gasteiger partial charge in [0.1, 0.15) is 10.8 Å². The third-order valence-electron chi connectivity index (χ3n) is 3.31. The lowest BCUT2D eigenvalue weighted by atomic mass is 10.2. The van der Waals surface area contributed by atoms with Gasteiger partial charge in [-0.25, -0.2) is 4.39 Å². The standard InChI is InChI=1S/C16H10ClFN4O3S2/c17-12-6-3-10(7-13(12)22(24)25)14(23)19-15-20-21-16(27-15)26-8-9-1-4-11(18)5-2-9/h1-7H,8H2,(H,19,20,23). The summed E-state index contributed by atoms with van der Waals surface area (Å²) in [6, 6.07) is 9.90. The summed E-state index contributed by atoms with van der Waals surface area (Å²) in [5.74, 6) is -0.278. The predicted molar refractivity (Wildman–Crippen MR) is 102 cm³/mol. The molecular formula is C16H10ClFN4O3S2. The molecule has 0 bridgehead atoms. The first kappa shape index (κ1) is 19.2. The summed E-state index contributed by atoms with van der Waals surface area (Å²) in [5, 5.41) is 21.5. The predicted octanol–water partition coefficient (Wildman–Crippen LogP) is 4.78. The van der Waals surface area contributed by atoms with Gasteiger partial charge in [0.05, 0.1) is 4.92 Å². The molecule has 0 saturated carbocycles. The van der Waals surface area contributed by atoms with Gasteiger partial charge in [0.25, 0.3) is 11.6 Å². The van der Waals surface area contributed by atoms with Crippen LogP contribution in [0, 0.1) is 15.9 Å². The Hall–Kier alpha value is -2.56. The Kier molecular flexibility index (Phi) is 5.99. The Morgan fingerprint density at radius 2 is 2.00 bits per heavy atom. The Labute approximate surface area is 165 Å². The van der Waals surface area contributed by atoms with E-state index in [-0.39, 0.29) is 27.2 Å². The molecule has 0 aliphatic carbocycles. The Morgan fingerprint density at radius 3 is 2.70 bits per heavy atom. The summed E-state index contributed by atoms with van der Waals surface area (Å²) in [4.78, 5) is 22.5. The molecule has 7 nitrogen and oxygen atoms in total. The van der Waals surface area contributed by atoms with Crippen LogP contribution in [-0.2, 0) is 5.75 Å². The molecule has 0 saturated heterocycles. The van der Waals surface area contributed by atoms with Gasteiger partial charge >= 0.3 is 0 Å². The largest absolute Gasteiger partial charge is 0.296 e. The van der Waals surface area contributed by atoms with Crippen LogP contribution in [0.4, 0.5) is 15.2 Å². The van der Waals surface area contributed by atoms with E-state index in [0.29, 0.717) is 10.1 Å². The number of rotatable bonds is 6. The maximum absolute atomic E-state index is 12.9.